The van der Waals surface area contributed by atoms with Gasteiger partial charge in [0.15, 0.2) is 5.82 Å². The zero-order valence-corrected chi connectivity index (χ0v) is 17.5. The monoisotopic (exact) mass is 450 g/mol. The number of halogens is 1. The van der Waals surface area contributed by atoms with Crippen LogP contribution in [0, 0.1) is 0 Å². The van der Waals surface area contributed by atoms with Crippen LogP contribution < -0.4 is 4.74 Å². The van der Waals surface area contributed by atoms with Gasteiger partial charge in [-0.1, -0.05) is 35.5 Å². The molecule has 2 heterocycles. The number of fused-ring (bicyclic) bond motifs is 1. The van der Waals surface area contributed by atoms with Gasteiger partial charge < -0.3 is 4.74 Å². The van der Waals surface area contributed by atoms with Gasteiger partial charge in [0.1, 0.15) is 10.6 Å². The predicted molar refractivity (Wildman–Crippen MR) is 109 cm³/mol. The third-order valence-electron chi connectivity index (χ3n) is 4.32. The van der Waals surface area contributed by atoms with Crippen LogP contribution in [0.15, 0.2) is 52.5 Å². The van der Waals surface area contributed by atoms with Gasteiger partial charge in [-0.25, -0.2) is 17.7 Å². The molecule has 1 aliphatic heterocycles. The quantitative estimate of drug-likeness (QED) is 0.575. The largest absolute Gasteiger partial charge is 0.496 e. The topological polar surface area (TPSA) is 105 Å². The molecule has 1 amide bonds. The molecule has 0 saturated carbocycles. The lowest BCUT2D eigenvalue weighted by atomic mass is 10.2. The van der Waals surface area contributed by atoms with Crippen LogP contribution in [0.4, 0.5) is 0 Å². The van der Waals surface area contributed by atoms with Gasteiger partial charge in [0.2, 0.25) is 5.16 Å². The highest BCUT2D eigenvalue weighted by Gasteiger charge is 2.40. The Morgan fingerprint density at radius 1 is 1.21 bits per heavy atom. The van der Waals surface area contributed by atoms with Gasteiger partial charge in [0.25, 0.3) is 15.9 Å². The molecule has 0 unspecified atom stereocenters. The van der Waals surface area contributed by atoms with E-state index in [2.05, 4.69) is 15.2 Å². The second kappa shape index (κ2) is 7.69. The number of thioether (sulfide) groups is 1. The number of hydrogen-bond acceptors (Lipinski definition) is 7. The van der Waals surface area contributed by atoms with Crippen molar-refractivity contribution in [3.63, 3.8) is 0 Å². The van der Waals surface area contributed by atoms with Crippen molar-refractivity contribution >= 4 is 39.3 Å². The Balaban J connectivity index is 1.46. The first-order valence-electron chi connectivity index (χ1n) is 8.47. The van der Waals surface area contributed by atoms with E-state index in [1.807, 2.05) is 0 Å². The van der Waals surface area contributed by atoms with Gasteiger partial charge in [-0.2, -0.15) is 0 Å². The lowest BCUT2D eigenvalue weighted by molar-refractivity contribution is 0.0876. The Kier molecular flexibility index (Phi) is 5.24. The van der Waals surface area contributed by atoms with Crippen molar-refractivity contribution in [2.75, 3.05) is 19.4 Å². The number of methoxy groups -OCH3 is 1. The van der Waals surface area contributed by atoms with Gasteiger partial charge in [-0.3, -0.25) is 9.89 Å². The highest BCUT2D eigenvalue weighted by atomic mass is 35.5. The van der Waals surface area contributed by atoms with Crippen LogP contribution in [0.25, 0.3) is 11.4 Å². The first-order valence-corrected chi connectivity index (χ1v) is 11.3. The zero-order chi connectivity index (χ0) is 20.6. The summed E-state index contributed by atoms with van der Waals surface area (Å²) >= 11 is 7.28. The summed E-state index contributed by atoms with van der Waals surface area (Å²) in [6.07, 6.45) is 0. The minimum atomic E-state index is -3.81. The number of carbonyl (C=O) groups excluding carboxylic acids is 1. The Labute approximate surface area is 176 Å². The zero-order valence-electron chi connectivity index (χ0n) is 15.1. The fourth-order valence-corrected chi connectivity index (χ4v) is 5.55. The Morgan fingerprint density at radius 3 is 2.76 bits per heavy atom. The molecule has 1 N–H and O–H groups in total. The van der Waals surface area contributed by atoms with E-state index in [4.69, 9.17) is 16.3 Å². The summed E-state index contributed by atoms with van der Waals surface area (Å²) in [5.41, 5.74) is 0.859. The maximum absolute atomic E-state index is 12.6. The number of rotatable bonds is 6. The molecule has 150 valence electrons. The average molecular weight is 451 g/mol. The first kappa shape index (κ1) is 19.7. The van der Waals surface area contributed by atoms with E-state index in [9.17, 15) is 13.2 Å². The summed E-state index contributed by atoms with van der Waals surface area (Å²) < 4.78 is 31.3. The molecule has 0 spiro atoms. The van der Waals surface area contributed by atoms with Crippen molar-refractivity contribution in [3.8, 4) is 17.1 Å². The summed E-state index contributed by atoms with van der Waals surface area (Å²) in [7, 11) is -2.27. The summed E-state index contributed by atoms with van der Waals surface area (Å²) in [5.74, 6) is 0.862. The molecule has 1 aliphatic rings. The number of H-pyrrole nitrogens is 1. The average Bonchev–Trinajstić information content (AvgIpc) is 3.25. The molecule has 0 saturated heterocycles. The highest BCUT2D eigenvalue weighted by Crippen LogP contribution is 2.32. The summed E-state index contributed by atoms with van der Waals surface area (Å²) in [6, 6.07) is 11.3. The minimum absolute atomic E-state index is 0.0187. The van der Waals surface area contributed by atoms with E-state index in [-0.39, 0.29) is 17.0 Å². The van der Waals surface area contributed by atoms with E-state index in [0.717, 1.165) is 4.31 Å². The van der Waals surface area contributed by atoms with Crippen molar-refractivity contribution in [1.82, 2.24) is 19.5 Å². The van der Waals surface area contributed by atoms with Crippen LogP contribution in [0.3, 0.4) is 0 Å². The number of hydrogen-bond donors (Lipinski definition) is 1. The standard InChI is InChI=1S/C18H15ClN4O4S2/c1-27-14-7-6-11(19)10-13(14)16-20-18(22-21-16)28-9-8-23-17(24)12-4-2-3-5-15(12)29(23,25)26/h2-7,10H,8-9H2,1H3,(H,20,21,22). The molecular weight excluding hydrogens is 436 g/mol. The molecule has 2 aromatic carbocycles. The van der Waals surface area contributed by atoms with E-state index in [1.165, 1.54) is 23.9 Å². The van der Waals surface area contributed by atoms with Crippen molar-refractivity contribution in [2.24, 2.45) is 0 Å². The summed E-state index contributed by atoms with van der Waals surface area (Å²) in [6.45, 7) is 0.0187. The minimum Gasteiger partial charge on any atom is -0.496 e. The molecule has 0 bridgehead atoms. The molecule has 8 nitrogen and oxygen atoms in total. The van der Waals surface area contributed by atoms with Crippen LogP contribution in [0.5, 0.6) is 5.75 Å². The van der Waals surface area contributed by atoms with Crippen molar-refractivity contribution in [2.45, 2.75) is 10.1 Å². The van der Waals surface area contributed by atoms with Crippen LogP contribution in [0.1, 0.15) is 10.4 Å². The van der Waals surface area contributed by atoms with E-state index in [0.29, 0.717) is 33.1 Å². The van der Waals surface area contributed by atoms with Gasteiger partial charge in [0, 0.05) is 17.3 Å². The molecule has 0 fully saturated rings. The number of aromatic amines is 1. The highest BCUT2D eigenvalue weighted by molar-refractivity contribution is 7.99. The molecule has 29 heavy (non-hydrogen) atoms. The normalized spacial score (nSPS) is 14.8. The van der Waals surface area contributed by atoms with Crippen molar-refractivity contribution < 1.29 is 17.9 Å². The van der Waals surface area contributed by atoms with Crippen LogP contribution in [-0.4, -0.2) is 53.2 Å². The molecule has 1 aromatic heterocycles. The number of carbonyl (C=O) groups is 1. The number of aromatic nitrogens is 3. The number of sulfonamides is 1. The maximum Gasteiger partial charge on any atom is 0.269 e. The smallest absolute Gasteiger partial charge is 0.269 e. The molecular formula is C18H15ClN4O4S2. The van der Waals surface area contributed by atoms with Gasteiger partial charge in [0.05, 0.1) is 18.2 Å². The molecule has 4 rings (SSSR count). The Hall–Kier alpha value is -2.56. The third kappa shape index (κ3) is 3.59. The summed E-state index contributed by atoms with van der Waals surface area (Å²) in [4.78, 5) is 16.9. The first-order chi connectivity index (χ1) is 13.9. The van der Waals surface area contributed by atoms with Crippen LogP contribution >= 0.6 is 23.4 Å². The Morgan fingerprint density at radius 2 is 2.00 bits per heavy atom. The van der Waals surface area contributed by atoms with Gasteiger partial charge in [-0.15, -0.1) is 5.10 Å². The SMILES string of the molecule is COc1ccc(Cl)cc1-c1nc(SCCN2C(=O)c3ccccc3S2(=O)=O)n[nH]1. The van der Waals surface area contributed by atoms with E-state index >= 15 is 0 Å². The number of amides is 1. The second-order valence-electron chi connectivity index (χ2n) is 6.04. The number of nitrogens with zero attached hydrogens (tertiary/aromatic N) is 3. The molecule has 0 atom stereocenters. The van der Waals surface area contributed by atoms with Crippen LogP contribution in [-0.2, 0) is 10.0 Å². The fraction of sp³-hybridized carbons (Fsp3) is 0.167. The maximum atomic E-state index is 12.6. The lowest BCUT2D eigenvalue weighted by Crippen LogP contribution is -2.32. The third-order valence-corrected chi connectivity index (χ3v) is 7.22. The van der Waals surface area contributed by atoms with Crippen molar-refractivity contribution in [1.29, 1.82) is 0 Å². The second-order valence-corrected chi connectivity index (χ2v) is 9.37. The number of benzene rings is 2. The van der Waals surface area contributed by atoms with Crippen LogP contribution in [0.2, 0.25) is 5.02 Å². The lowest BCUT2D eigenvalue weighted by Gasteiger charge is -2.13. The molecule has 0 radical (unpaired) electrons. The predicted octanol–water partition coefficient (Wildman–Crippen LogP) is 3.07. The fourth-order valence-electron chi connectivity index (χ4n) is 2.97. The molecule has 11 heteroatoms. The Bertz CT molecular complexity index is 1200. The van der Waals surface area contributed by atoms with E-state index < -0.39 is 15.9 Å². The number of nitrogens with one attached hydrogen (secondary N) is 1. The summed E-state index contributed by atoms with van der Waals surface area (Å²) in [5, 5.41) is 7.91. The molecule has 0 aliphatic carbocycles. The van der Waals surface area contributed by atoms with E-state index in [1.54, 1.807) is 37.4 Å². The van der Waals surface area contributed by atoms with Gasteiger partial charge >= 0.3 is 0 Å². The number of ether oxygens (including phenoxy) is 1. The van der Waals surface area contributed by atoms with Crippen molar-refractivity contribution in [3.05, 3.63) is 53.1 Å². The van der Waals surface area contributed by atoms with Gasteiger partial charge in [-0.05, 0) is 30.3 Å². The molecule has 3 aromatic rings.